The second kappa shape index (κ2) is 7.18. The van der Waals surface area contributed by atoms with Gasteiger partial charge in [0.15, 0.2) is 0 Å². The van der Waals surface area contributed by atoms with E-state index in [1.54, 1.807) is 18.2 Å². The maximum Gasteiger partial charge on any atom is 0.336 e. The molecular weight excluding hydrogens is 342 g/mol. The Labute approximate surface area is 157 Å². The Balaban J connectivity index is 1.76. The van der Waals surface area contributed by atoms with Crippen molar-refractivity contribution in [3.05, 3.63) is 64.5 Å². The van der Waals surface area contributed by atoms with Crippen molar-refractivity contribution in [3.63, 3.8) is 0 Å². The topological polar surface area (TPSA) is 64.1 Å². The van der Waals surface area contributed by atoms with E-state index in [9.17, 15) is 9.90 Å². The molecule has 2 aromatic carbocycles. The van der Waals surface area contributed by atoms with Gasteiger partial charge in [0.05, 0.1) is 0 Å². The summed E-state index contributed by atoms with van der Waals surface area (Å²) in [5.41, 5.74) is 2.57. The Hall–Kier alpha value is -2.63. The molecule has 1 aromatic heterocycles. The van der Waals surface area contributed by atoms with Crippen LogP contribution in [0.25, 0.3) is 22.1 Å². The molecule has 0 unspecified atom stereocenters. The molecule has 2 atom stereocenters. The predicted molar refractivity (Wildman–Crippen MR) is 104 cm³/mol. The summed E-state index contributed by atoms with van der Waals surface area (Å²) in [6, 6.07) is 14.6. The number of quaternary nitrogens is 1. The van der Waals surface area contributed by atoms with Crippen molar-refractivity contribution in [1.29, 1.82) is 0 Å². The average molecular weight is 366 g/mol. The first kappa shape index (κ1) is 17.8. The summed E-state index contributed by atoms with van der Waals surface area (Å²) in [6.45, 7) is 6.63. The molecule has 1 saturated heterocycles. The van der Waals surface area contributed by atoms with Crippen LogP contribution in [0.15, 0.2) is 57.7 Å². The van der Waals surface area contributed by atoms with E-state index in [0.29, 0.717) is 17.7 Å². The molecule has 0 saturated carbocycles. The monoisotopic (exact) mass is 366 g/mol. The van der Waals surface area contributed by atoms with Crippen molar-refractivity contribution in [2.45, 2.75) is 32.6 Å². The lowest BCUT2D eigenvalue weighted by Gasteiger charge is -2.32. The summed E-state index contributed by atoms with van der Waals surface area (Å²) in [5.74, 6) is 0.183. The van der Waals surface area contributed by atoms with Crippen LogP contribution in [0.4, 0.5) is 0 Å². The lowest BCUT2D eigenvalue weighted by Crippen LogP contribution is -3.14. The molecule has 3 aromatic rings. The highest BCUT2D eigenvalue weighted by atomic mass is 16.5. The highest BCUT2D eigenvalue weighted by Crippen LogP contribution is 2.33. The van der Waals surface area contributed by atoms with Gasteiger partial charge >= 0.3 is 5.63 Å². The zero-order valence-corrected chi connectivity index (χ0v) is 15.6. The van der Waals surface area contributed by atoms with Gasteiger partial charge in [-0.15, -0.1) is 0 Å². The number of hydrogen-bond donors (Lipinski definition) is 2. The van der Waals surface area contributed by atoms with Gasteiger partial charge in [0.2, 0.25) is 0 Å². The standard InChI is InChI=1S/C22H23NO4/c1-14-11-23(12-15(2)26-14)13-17-8-22(25)27-21-10-18(20(24)9-19(17)21)16-6-4-3-5-7-16/h3-10,14-15,24H,11-13H2,1-2H3/p+1/t14-,15-/m0/s1. The third-order valence-corrected chi connectivity index (χ3v) is 5.09. The smallest absolute Gasteiger partial charge is 0.336 e. The number of hydrogen-bond acceptors (Lipinski definition) is 4. The third kappa shape index (κ3) is 3.75. The first-order valence-corrected chi connectivity index (χ1v) is 9.34. The Morgan fingerprint density at radius 2 is 1.78 bits per heavy atom. The van der Waals surface area contributed by atoms with Gasteiger partial charge in [0.25, 0.3) is 0 Å². The highest BCUT2D eigenvalue weighted by Gasteiger charge is 2.26. The van der Waals surface area contributed by atoms with Gasteiger partial charge in [0.1, 0.15) is 43.2 Å². The normalized spacial score (nSPS) is 22.8. The first-order valence-electron chi connectivity index (χ1n) is 9.34. The van der Waals surface area contributed by atoms with E-state index in [-0.39, 0.29) is 23.6 Å². The Kier molecular flexibility index (Phi) is 4.72. The van der Waals surface area contributed by atoms with Crippen molar-refractivity contribution in [2.75, 3.05) is 13.1 Å². The van der Waals surface area contributed by atoms with E-state index < -0.39 is 0 Å². The lowest BCUT2D eigenvalue weighted by molar-refractivity contribution is -0.928. The maximum atomic E-state index is 12.1. The van der Waals surface area contributed by atoms with Crippen molar-refractivity contribution in [2.24, 2.45) is 0 Å². The van der Waals surface area contributed by atoms with Crippen LogP contribution in [0.2, 0.25) is 0 Å². The number of phenolic OH excluding ortho intramolecular Hbond substituents is 1. The highest BCUT2D eigenvalue weighted by molar-refractivity contribution is 5.88. The number of morpholine rings is 1. The summed E-state index contributed by atoms with van der Waals surface area (Å²) in [6.07, 6.45) is 0.376. The summed E-state index contributed by atoms with van der Waals surface area (Å²) in [7, 11) is 0. The van der Waals surface area contributed by atoms with Crippen LogP contribution in [0.1, 0.15) is 19.4 Å². The van der Waals surface area contributed by atoms with E-state index >= 15 is 0 Å². The number of ether oxygens (including phenoxy) is 1. The number of rotatable bonds is 3. The maximum absolute atomic E-state index is 12.1. The van der Waals surface area contributed by atoms with Gasteiger partial charge in [0, 0.05) is 22.6 Å². The van der Waals surface area contributed by atoms with Crippen molar-refractivity contribution >= 4 is 11.0 Å². The predicted octanol–water partition coefficient (Wildman–Crippen LogP) is 2.36. The second-order valence-corrected chi connectivity index (χ2v) is 7.41. The summed E-state index contributed by atoms with van der Waals surface area (Å²) < 4.78 is 11.3. The average Bonchev–Trinajstić information content (AvgIpc) is 2.62. The minimum Gasteiger partial charge on any atom is -0.507 e. The number of nitrogens with one attached hydrogen (secondary N) is 1. The van der Waals surface area contributed by atoms with Crippen molar-refractivity contribution in [3.8, 4) is 16.9 Å². The molecule has 140 valence electrons. The van der Waals surface area contributed by atoms with Gasteiger partial charge in [-0.05, 0) is 31.5 Å². The van der Waals surface area contributed by atoms with Crippen LogP contribution in [0, 0.1) is 0 Å². The lowest BCUT2D eigenvalue weighted by atomic mass is 10.0. The van der Waals surface area contributed by atoms with E-state index in [1.165, 1.54) is 4.90 Å². The second-order valence-electron chi connectivity index (χ2n) is 7.41. The number of phenols is 1. The molecule has 1 fully saturated rings. The Bertz CT molecular complexity index is 1000. The van der Waals surface area contributed by atoms with Crippen molar-refractivity contribution in [1.82, 2.24) is 0 Å². The van der Waals surface area contributed by atoms with Gasteiger partial charge in [-0.1, -0.05) is 30.3 Å². The summed E-state index contributed by atoms with van der Waals surface area (Å²) in [5, 5.41) is 11.4. The zero-order valence-electron chi connectivity index (χ0n) is 15.6. The van der Waals surface area contributed by atoms with Crippen LogP contribution in [0.3, 0.4) is 0 Å². The fourth-order valence-electron chi connectivity index (χ4n) is 4.06. The van der Waals surface area contributed by atoms with E-state index in [2.05, 4.69) is 13.8 Å². The molecule has 2 N–H and O–H groups in total. The SMILES string of the molecule is C[C@H]1C[NH+](Cc2cc(=O)oc3cc(-c4ccccc4)c(O)cc23)C[C@H](C)O1. The van der Waals surface area contributed by atoms with E-state index in [4.69, 9.17) is 9.15 Å². The van der Waals surface area contributed by atoms with E-state index in [0.717, 1.165) is 29.6 Å². The van der Waals surface area contributed by atoms with Crippen LogP contribution in [0.5, 0.6) is 5.75 Å². The molecule has 0 aliphatic carbocycles. The van der Waals surface area contributed by atoms with Gasteiger partial charge in [-0.2, -0.15) is 0 Å². The third-order valence-electron chi connectivity index (χ3n) is 5.09. The molecule has 0 bridgehead atoms. The molecule has 4 rings (SSSR count). The first-order chi connectivity index (χ1) is 13.0. The van der Waals surface area contributed by atoms with Crippen LogP contribution in [-0.2, 0) is 11.3 Å². The molecule has 5 heteroatoms. The van der Waals surface area contributed by atoms with Crippen LogP contribution in [-0.4, -0.2) is 30.4 Å². The largest absolute Gasteiger partial charge is 0.507 e. The van der Waals surface area contributed by atoms with E-state index in [1.807, 2.05) is 30.3 Å². The van der Waals surface area contributed by atoms with Gasteiger partial charge < -0.3 is 19.2 Å². The minimum atomic E-state index is -0.365. The molecule has 0 spiro atoms. The fraction of sp³-hybridized carbons (Fsp3) is 0.318. The summed E-state index contributed by atoms with van der Waals surface area (Å²) >= 11 is 0. The molecule has 2 heterocycles. The minimum absolute atomic E-state index is 0.183. The Morgan fingerprint density at radius 3 is 2.48 bits per heavy atom. The number of fused-ring (bicyclic) bond motifs is 1. The molecule has 27 heavy (non-hydrogen) atoms. The molecule has 0 amide bonds. The zero-order chi connectivity index (χ0) is 19.0. The quantitative estimate of drug-likeness (QED) is 0.699. The molecule has 1 aliphatic rings. The van der Waals surface area contributed by atoms with Gasteiger partial charge in [-0.3, -0.25) is 0 Å². The van der Waals surface area contributed by atoms with Crippen LogP contribution >= 0.6 is 0 Å². The van der Waals surface area contributed by atoms with Crippen molar-refractivity contribution < 1.29 is 19.2 Å². The molecule has 1 aliphatic heterocycles. The fourth-order valence-corrected chi connectivity index (χ4v) is 4.06. The number of aromatic hydroxyl groups is 1. The molecule has 5 nitrogen and oxygen atoms in total. The summed E-state index contributed by atoms with van der Waals surface area (Å²) in [4.78, 5) is 13.5. The van der Waals surface area contributed by atoms with Gasteiger partial charge in [-0.25, -0.2) is 4.79 Å². The Morgan fingerprint density at radius 1 is 1.07 bits per heavy atom. The molecular formula is C22H24NO4+. The van der Waals surface area contributed by atoms with Crippen LogP contribution < -0.4 is 10.5 Å². The molecule has 0 radical (unpaired) electrons. The number of benzene rings is 2.